The number of benzene rings is 2. The van der Waals surface area contributed by atoms with Crippen molar-refractivity contribution in [1.82, 2.24) is 5.32 Å². The minimum absolute atomic E-state index is 0.0356. The highest BCUT2D eigenvalue weighted by Gasteiger charge is 2.24. The molecule has 0 aliphatic carbocycles. The average molecular weight is 341 g/mol. The Morgan fingerprint density at radius 3 is 2.81 bits per heavy atom. The zero-order chi connectivity index (χ0) is 15.0. The molecule has 0 aromatic heterocycles. The van der Waals surface area contributed by atoms with Gasteiger partial charge in [0.25, 0.3) is 0 Å². The van der Waals surface area contributed by atoms with E-state index < -0.39 is 11.1 Å². The standard InChI is InChI=1S/C15H13Cl2NO2S/c16-10-5-12-13(7-18-8-14(12)15(17)6-10)9-2-1-3-11(4-9)21(19)20/h1-6,13,18H,7-8H2,(H,19,20)/p-1/t13-/m0/s1. The van der Waals surface area contributed by atoms with E-state index in [0.29, 0.717) is 16.6 Å². The number of nitrogens with one attached hydrogen (secondary N) is 1. The summed E-state index contributed by atoms with van der Waals surface area (Å²) >= 11 is 10.1. The molecule has 1 heterocycles. The van der Waals surface area contributed by atoms with E-state index in [4.69, 9.17) is 23.2 Å². The molecule has 0 fully saturated rings. The van der Waals surface area contributed by atoms with E-state index >= 15 is 0 Å². The van der Waals surface area contributed by atoms with Gasteiger partial charge in [-0.05, 0) is 52.0 Å². The lowest BCUT2D eigenvalue weighted by atomic mass is 9.85. The van der Waals surface area contributed by atoms with E-state index in [0.717, 1.165) is 23.2 Å². The van der Waals surface area contributed by atoms with Crippen molar-refractivity contribution in [3.8, 4) is 0 Å². The first-order chi connectivity index (χ1) is 10.1. The third-order valence-electron chi connectivity index (χ3n) is 3.67. The minimum Gasteiger partial charge on any atom is -0.768 e. The zero-order valence-corrected chi connectivity index (χ0v) is 13.3. The quantitative estimate of drug-likeness (QED) is 0.851. The van der Waals surface area contributed by atoms with Crippen molar-refractivity contribution in [3.05, 3.63) is 63.1 Å². The summed E-state index contributed by atoms with van der Waals surface area (Å²) in [5, 5.41) is 4.55. The van der Waals surface area contributed by atoms with Gasteiger partial charge in [-0.2, -0.15) is 0 Å². The Labute approximate surface area is 135 Å². The Hall–Kier alpha value is -0.910. The minimum atomic E-state index is -2.23. The maximum absolute atomic E-state index is 11.1. The van der Waals surface area contributed by atoms with E-state index in [1.807, 2.05) is 12.1 Å². The highest BCUT2D eigenvalue weighted by atomic mass is 35.5. The van der Waals surface area contributed by atoms with Gasteiger partial charge in [0.15, 0.2) is 0 Å². The molecule has 3 nitrogen and oxygen atoms in total. The Bertz CT molecular complexity index is 721. The van der Waals surface area contributed by atoms with Crippen LogP contribution in [0.15, 0.2) is 41.3 Å². The second-order valence-electron chi connectivity index (χ2n) is 4.95. The van der Waals surface area contributed by atoms with Crippen molar-refractivity contribution in [3.63, 3.8) is 0 Å². The lowest BCUT2D eigenvalue weighted by molar-refractivity contribution is 0.536. The molecule has 1 aliphatic heterocycles. The first-order valence-corrected chi connectivity index (χ1v) is 8.27. The molecule has 21 heavy (non-hydrogen) atoms. The SMILES string of the molecule is O=S([O-])c1cccc([C@@H]2CNCc3c(Cl)cc(Cl)cc32)c1. The van der Waals surface area contributed by atoms with Crippen LogP contribution in [0.4, 0.5) is 0 Å². The Morgan fingerprint density at radius 1 is 1.24 bits per heavy atom. The molecule has 1 aliphatic rings. The third kappa shape index (κ3) is 3.00. The number of halogens is 2. The van der Waals surface area contributed by atoms with Gasteiger partial charge in [0.2, 0.25) is 0 Å². The monoisotopic (exact) mass is 340 g/mol. The van der Waals surface area contributed by atoms with Crippen LogP contribution in [-0.2, 0) is 17.6 Å². The van der Waals surface area contributed by atoms with E-state index in [1.165, 1.54) is 0 Å². The lowest BCUT2D eigenvalue weighted by Gasteiger charge is -2.28. The molecule has 0 radical (unpaired) electrons. The van der Waals surface area contributed by atoms with E-state index in [9.17, 15) is 8.76 Å². The van der Waals surface area contributed by atoms with Crippen molar-refractivity contribution in [2.24, 2.45) is 0 Å². The summed E-state index contributed by atoms with van der Waals surface area (Å²) in [7, 11) is 0. The van der Waals surface area contributed by atoms with Crippen molar-refractivity contribution in [2.45, 2.75) is 17.4 Å². The van der Waals surface area contributed by atoms with Crippen LogP contribution >= 0.6 is 23.2 Å². The Balaban J connectivity index is 2.10. The molecule has 1 unspecified atom stereocenters. The predicted molar refractivity (Wildman–Crippen MR) is 83.6 cm³/mol. The van der Waals surface area contributed by atoms with Crippen molar-refractivity contribution in [2.75, 3.05) is 6.54 Å². The Morgan fingerprint density at radius 2 is 2.05 bits per heavy atom. The van der Waals surface area contributed by atoms with Crippen LogP contribution in [0.1, 0.15) is 22.6 Å². The Kier molecular flexibility index (Phi) is 4.33. The number of hydrogen-bond acceptors (Lipinski definition) is 3. The van der Waals surface area contributed by atoms with Crippen LogP contribution in [-0.4, -0.2) is 15.3 Å². The molecule has 6 heteroatoms. The van der Waals surface area contributed by atoms with Crippen LogP contribution < -0.4 is 5.32 Å². The number of fused-ring (bicyclic) bond motifs is 1. The maximum Gasteiger partial charge on any atom is 0.0468 e. The van der Waals surface area contributed by atoms with E-state index in [-0.39, 0.29) is 10.8 Å². The summed E-state index contributed by atoms with van der Waals surface area (Å²) in [4.78, 5) is 0.285. The van der Waals surface area contributed by atoms with Gasteiger partial charge in [0, 0.05) is 33.9 Å². The highest BCUT2D eigenvalue weighted by Crippen LogP contribution is 2.36. The van der Waals surface area contributed by atoms with Gasteiger partial charge in [0.05, 0.1) is 0 Å². The molecule has 0 amide bonds. The smallest absolute Gasteiger partial charge is 0.0468 e. The molecule has 0 bridgehead atoms. The summed E-state index contributed by atoms with van der Waals surface area (Å²) in [5.41, 5.74) is 3.01. The van der Waals surface area contributed by atoms with Crippen LogP contribution in [0, 0.1) is 0 Å². The molecule has 3 rings (SSSR count). The van der Waals surface area contributed by atoms with E-state index in [1.54, 1.807) is 24.3 Å². The molecule has 2 aromatic rings. The van der Waals surface area contributed by atoms with Gasteiger partial charge in [0.1, 0.15) is 0 Å². The molecular formula is C15H12Cl2NO2S-. The fourth-order valence-electron chi connectivity index (χ4n) is 2.70. The average Bonchev–Trinajstić information content (AvgIpc) is 2.46. The van der Waals surface area contributed by atoms with E-state index in [2.05, 4.69) is 5.32 Å². The molecule has 1 N–H and O–H groups in total. The summed E-state index contributed by atoms with van der Waals surface area (Å²) in [6.45, 7) is 1.41. The molecule has 0 spiro atoms. The van der Waals surface area contributed by atoms with Gasteiger partial charge in [-0.25, -0.2) is 0 Å². The normalized spacial score (nSPS) is 19.1. The number of hydrogen-bond donors (Lipinski definition) is 1. The molecule has 110 valence electrons. The van der Waals surface area contributed by atoms with Gasteiger partial charge in [-0.3, -0.25) is 4.21 Å². The first-order valence-electron chi connectivity index (χ1n) is 6.44. The summed E-state index contributed by atoms with van der Waals surface area (Å²) < 4.78 is 22.3. The molecule has 2 aromatic carbocycles. The second-order valence-corrected chi connectivity index (χ2v) is 6.73. The van der Waals surface area contributed by atoms with Crippen LogP contribution in [0.2, 0.25) is 10.0 Å². The fraction of sp³-hybridized carbons (Fsp3) is 0.200. The van der Waals surface area contributed by atoms with Gasteiger partial charge in [-0.15, -0.1) is 0 Å². The lowest BCUT2D eigenvalue weighted by Crippen LogP contribution is -2.29. The van der Waals surface area contributed by atoms with Gasteiger partial charge >= 0.3 is 0 Å². The summed E-state index contributed by atoms with van der Waals surface area (Å²) in [5.74, 6) is 0.0356. The fourth-order valence-corrected chi connectivity index (χ4v) is 3.70. The molecule has 0 saturated heterocycles. The maximum atomic E-state index is 11.1. The second kappa shape index (κ2) is 6.07. The zero-order valence-electron chi connectivity index (χ0n) is 10.9. The molecule has 0 saturated carbocycles. The van der Waals surface area contributed by atoms with Crippen molar-refractivity contribution >= 4 is 34.3 Å². The topological polar surface area (TPSA) is 52.2 Å². The van der Waals surface area contributed by atoms with Crippen molar-refractivity contribution < 1.29 is 8.76 Å². The van der Waals surface area contributed by atoms with Crippen LogP contribution in [0.25, 0.3) is 0 Å². The van der Waals surface area contributed by atoms with Gasteiger partial charge in [-0.1, -0.05) is 35.3 Å². The summed E-state index contributed by atoms with van der Waals surface area (Å²) in [6.07, 6.45) is 0. The van der Waals surface area contributed by atoms with Crippen LogP contribution in [0.5, 0.6) is 0 Å². The first kappa shape index (κ1) is 15.0. The van der Waals surface area contributed by atoms with Crippen molar-refractivity contribution in [1.29, 1.82) is 0 Å². The largest absolute Gasteiger partial charge is 0.768 e. The molecular weight excluding hydrogens is 329 g/mol. The van der Waals surface area contributed by atoms with Crippen LogP contribution in [0.3, 0.4) is 0 Å². The molecule has 2 atom stereocenters. The summed E-state index contributed by atoms with van der Waals surface area (Å²) in [6, 6.07) is 10.6. The third-order valence-corrected chi connectivity index (χ3v) is 4.87. The van der Waals surface area contributed by atoms with Gasteiger partial charge < -0.3 is 9.87 Å². The predicted octanol–water partition coefficient (Wildman–Crippen LogP) is 3.47. The number of rotatable bonds is 2. The highest BCUT2D eigenvalue weighted by molar-refractivity contribution is 7.79.